The number of hydrogen-bond acceptors (Lipinski definition) is 5. The van der Waals surface area contributed by atoms with Crippen LogP contribution >= 0.6 is 0 Å². The smallest absolute Gasteiger partial charge is 0.408 e. The van der Waals surface area contributed by atoms with Crippen molar-refractivity contribution in [2.75, 3.05) is 16.3 Å². The number of hydrogen-bond donors (Lipinski definition) is 3. The van der Waals surface area contributed by atoms with Crippen molar-refractivity contribution in [1.29, 1.82) is 0 Å². The lowest BCUT2D eigenvalue weighted by molar-refractivity contribution is -0.111. The number of aromatic nitrogens is 1. The number of carbonyl (C=O) groups excluding carboxylic acids is 1. The van der Waals surface area contributed by atoms with E-state index in [1.165, 1.54) is 6.08 Å². The van der Waals surface area contributed by atoms with Gasteiger partial charge in [0.1, 0.15) is 0 Å². The Morgan fingerprint density at radius 3 is 2.50 bits per heavy atom. The molecule has 3 aromatic rings. The van der Waals surface area contributed by atoms with Crippen LogP contribution in [0.2, 0.25) is 0 Å². The molecule has 3 rings (SSSR count). The molecule has 0 saturated heterocycles. The maximum atomic E-state index is 12.0. The third kappa shape index (κ3) is 4.61. The minimum atomic E-state index is -3.33. The first-order valence-electron chi connectivity index (χ1n) is 7.48. The van der Waals surface area contributed by atoms with Gasteiger partial charge in [-0.1, -0.05) is 12.1 Å². The van der Waals surface area contributed by atoms with Crippen LogP contribution in [-0.2, 0) is 14.8 Å². The Morgan fingerprint density at radius 2 is 1.81 bits per heavy atom. The van der Waals surface area contributed by atoms with Gasteiger partial charge < -0.3 is 9.73 Å². The topological polar surface area (TPSA) is 121 Å². The normalized spacial score (nSPS) is 11.7. The molecular formula is C17H15N3O5S. The van der Waals surface area contributed by atoms with Crippen molar-refractivity contribution in [3.8, 4) is 0 Å². The summed E-state index contributed by atoms with van der Waals surface area (Å²) in [6, 6.07) is 11.4. The van der Waals surface area contributed by atoms with Crippen molar-refractivity contribution in [2.24, 2.45) is 0 Å². The third-order valence-electron chi connectivity index (χ3n) is 3.33. The van der Waals surface area contributed by atoms with E-state index < -0.39 is 15.8 Å². The molecule has 1 amide bonds. The van der Waals surface area contributed by atoms with E-state index in [1.54, 1.807) is 48.5 Å². The minimum absolute atomic E-state index is 0.353. The Labute approximate surface area is 148 Å². The first-order valence-corrected chi connectivity index (χ1v) is 9.37. The molecule has 0 aliphatic rings. The Balaban J connectivity index is 1.65. The van der Waals surface area contributed by atoms with E-state index in [9.17, 15) is 18.0 Å². The highest BCUT2D eigenvalue weighted by Gasteiger charge is 2.04. The zero-order valence-electron chi connectivity index (χ0n) is 13.6. The van der Waals surface area contributed by atoms with Crippen LogP contribution in [0.15, 0.2) is 57.8 Å². The fourth-order valence-corrected chi connectivity index (χ4v) is 2.83. The average Bonchev–Trinajstić information content (AvgIpc) is 2.92. The van der Waals surface area contributed by atoms with Gasteiger partial charge in [0, 0.05) is 17.5 Å². The molecule has 0 radical (unpaired) electrons. The summed E-state index contributed by atoms with van der Waals surface area (Å²) in [6.45, 7) is 0. The molecule has 26 heavy (non-hydrogen) atoms. The average molecular weight is 373 g/mol. The quantitative estimate of drug-likeness (QED) is 0.592. The number of benzene rings is 2. The van der Waals surface area contributed by atoms with Gasteiger partial charge in [-0.25, -0.2) is 13.2 Å². The van der Waals surface area contributed by atoms with Crippen LogP contribution in [0.3, 0.4) is 0 Å². The lowest BCUT2D eigenvalue weighted by Gasteiger charge is -2.04. The van der Waals surface area contributed by atoms with Crippen molar-refractivity contribution >= 4 is 44.5 Å². The number of amides is 1. The molecule has 0 aliphatic heterocycles. The largest absolute Gasteiger partial charge is 0.417 e. The third-order valence-corrected chi connectivity index (χ3v) is 3.93. The number of carbonyl (C=O) groups is 1. The number of rotatable bonds is 5. The maximum absolute atomic E-state index is 12.0. The van der Waals surface area contributed by atoms with Crippen molar-refractivity contribution in [1.82, 2.24) is 4.98 Å². The molecule has 0 saturated carbocycles. The Bertz CT molecular complexity index is 1140. The lowest BCUT2D eigenvalue weighted by Crippen LogP contribution is -2.09. The number of fused-ring (bicyclic) bond motifs is 1. The van der Waals surface area contributed by atoms with E-state index in [1.807, 2.05) is 0 Å². The second-order valence-corrected chi connectivity index (χ2v) is 7.29. The SMILES string of the molecule is CS(=O)(=O)Nc1ccc(/C=C/C(=O)Nc2ccc3oc(=O)[nH]c3c2)cc1. The van der Waals surface area contributed by atoms with Gasteiger partial charge in [-0.2, -0.15) is 0 Å². The van der Waals surface area contributed by atoms with E-state index >= 15 is 0 Å². The van der Waals surface area contributed by atoms with Gasteiger partial charge in [-0.05, 0) is 42.0 Å². The minimum Gasteiger partial charge on any atom is -0.408 e. The molecule has 1 heterocycles. The van der Waals surface area contributed by atoms with Gasteiger partial charge in [-0.3, -0.25) is 14.5 Å². The van der Waals surface area contributed by atoms with Crippen molar-refractivity contribution < 1.29 is 17.6 Å². The van der Waals surface area contributed by atoms with Crippen LogP contribution < -0.4 is 15.8 Å². The van der Waals surface area contributed by atoms with Crippen molar-refractivity contribution in [3.05, 3.63) is 64.7 Å². The Kier molecular flexibility index (Phi) is 4.63. The van der Waals surface area contributed by atoms with Crippen molar-refractivity contribution in [3.63, 3.8) is 0 Å². The van der Waals surface area contributed by atoms with Gasteiger partial charge in [0.2, 0.25) is 15.9 Å². The van der Waals surface area contributed by atoms with E-state index in [4.69, 9.17) is 4.42 Å². The van der Waals surface area contributed by atoms with Gasteiger partial charge in [0.05, 0.1) is 11.8 Å². The van der Waals surface area contributed by atoms with Crippen LogP contribution in [0.1, 0.15) is 5.56 Å². The first-order chi connectivity index (χ1) is 12.3. The maximum Gasteiger partial charge on any atom is 0.417 e. The van der Waals surface area contributed by atoms with Gasteiger partial charge in [-0.15, -0.1) is 0 Å². The molecule has 3 N–H and O–H groups in total. The van der Waals surface area contributed by atoms with Crippen LogP contribution in [-0.4, -0.2) is 25.6 Å². The molecule has 8 nitrogen and oxygen atoms in total. The Hall–Kier alpha value is -3.33. The zero-order chi connectivity index (χ0) is 18.7. The summed E-state index contributed by atoms with van der Waals surface area (Å²) >= 11 is 0. The predicted octanol–water partition coefficient (Wildman–Crippen LogP) is 2.14. The van der Waals surface area contributed by atoms with Gasteiger partial charge in [0.25, 0.3) is 0 Å². The second kappa shape index (κ2) is 6.89. The van der Waals surface area contributed by atoms with Crippen molar-refractivity contribution in [2.45, 2.75) is 0 Å². The Morgan fingerprint density at radius 1 is 1.12 bits per heavy atom. The summed E-state index contributed by atoms with van der Waals surface area (Å²) in [4.78, 5) is 25.6. The molecule has 0 aliphatic carbocycles. The predicted molar refractivity (Wildman–Crippen MR) is 99.4 cm³/mol. The molecule has 134 valence electrons. The molecule has 0 unspecified atom stereocenters. The molecule has 2 aromatic carbocycles. The summed E-state index contributed by atoms with van der Waals surface area (Å²) < 4.78 is 29.6. The molecule has 0 spiro atoms. The zero-order valence-corrected chi connectivity index (χ0v) is 14.5. The molecule has 9 heteroatoms. The fraction of sp³-hybridized carbons (Fsp3) is 0.0588. The molecule has 0 atom stereocenters. The summed E-state index contributed by atoms with van der Waals surface area (Å²) in [5.41, 5.74) is 2.58. The standard InChI is InChI=1S/C17H15N3O5S/c1-26(23,24)20-12-5-2-11(3-6-12)4-9-16(21)18-13-7-8-15-14(10-13)19-17(22)25-15/h2-10,20H,1H3,(H,18,21)(H,19,22)/b9-4+. The van der Waals surface area contributed by atoms with E-state index in [2.05, 4.69) is 15.0 Å². The number of aromatic amines is 1. The second-order valence-electron chi connectivity index (χ2n) is 5.54. The van der Waals surface area contributed by atoms with E-state index in [0.717, 1.165) is 11.8 Å². The summed E-state index contributed by atoms with van der Waals surface area (Å²) in [5, 5.41) is 2.67. The van der Waals surface area contributed by atoms with Crippen LogP contribution in [0.4, 0.5) is 11.4 Å². The number of nitrogens with one attached hydrogen (secondary N) is 3. The van der Waals surface area contributed by atoms with Gasteiger partial charge in [0.15, 0.2) is 5.58 Å². The lowest BCUT2D eigenvalue weighted by atomic mass is 10.2. The fourth-order valence-electron chi connectivity index (χ4n) is 2.26. The number of anilines is 2. The molecular weight excluding hydrogens is 358 g/mol. The van der Waals surface area contributed by atoms with E-state index in [0.29, 0.717) is 22.5 Å². The number of sulfonamides is 1. The monoisotopic (exact) mass is 373 g/mol. The summed E-state index contributed by atoms with van der Waals surface area (Å²) in [5.74, 6) is -0.911. The van der Waals surface area contributed by atoms with Crippen LogP contribution in [0.5, 0.6) is 0 Å². The molecule has 1 aromatic heterocycles. The van der Waals surface area contributed by atoms with Crippen LogP contribution in [0.25, 0.3) is 17.2 Å². The first kappa shape index (κ1) is 17.5. The summed E-state index contributed by atoms with van der Waals surface area (Å²) in [6.07, 6.45) is 4.01. The summed E-state index contributed by atoms with van der Waals surface area (Å²) in [7, 11) is -3.33. The highest BCUT2D eigenvalue weighted by atomic mass is 32.2. The number of H-pyrrole nitrogens is 1. The number of oxazole rings is 1. The van der Waals surface area contributed by atoms with E-state index in [-0.39, 0.29) is 5.91 Å². The van der Waals surface area contributed by atoms with Crippen LogP contribution in [0, 0.1) is 0 Å². The van der Waals surface area contributed by atoms with Gasteiger partial charge >= 0.3 is 5.76 Å². The highest BCUT2D eigenvalue weighted by Crippen LogP contribution is 2.16. The molecule has 0 bridgehead atoms. The molecule has 0 fully saturated rings. The highest BCUT2D eigenvalue weighted by molar-refractivity contribution is 7.92.